The van der Waals surface area contributed by atoms with Crippen LogP contribution in [0.25, 0.3) is 11.1 Å². The number of unbranched alkanes of at least 4 members (excludes halogenated alkanes) is 1. The monoisotopic (exact) mass is 434 g/mol. The van der Waals surface area contributed by atoms with Gasteiger partial charge in [0.1, 0.15) is 0 Å². The number of nitrogens with one attached hydrogen (secondary N) is 1. The number of hydrogen-bond acceptors (Lipinski definition) is 4. The minimum absolute atomic E-state index is 0.0707. The van der Waals surface area contributed by atoms with Crippen LogP contribution in [0.3, 0.4) is 0 Å². The molecule has 2 fully saturated rings. The second-order valence-corrected chi connectivity index (χ2v) is 8.95. The van der Waals surface area contributed by atoms with E-state index in [-0.39, 0.29) is 23.9 Å². The molecular formula is C25H30N4O3. The topological polar surface area (TPSA) is 70.7 Å². The maximum Gasteiger partial charge on any atom is 0.419 e. The summed E-state index contributed by atoms with van der Waals surface area (Å²) in [5, 5.41) is 3.14. The molecular weight excluding hydrogens is 404 g/mol. The van der Waals surface area contributed by atoms with Crippen LogP contribution in [0.2, 0.25) is 0 Å². The first-order chi connectivity index (χ1) is 15.6. The molecule has 5 rings (SSSR count). The largest absolute Gasteiger partial charge is 0.419 e. The van der Waals surface area contributed by atoms with Gasteiger partial charge < -0.3 is 19.5 Å². The Labute approximate surface area is 187 Å². The van der Waals surface area contributed by atoms with Crippen LogP contribution in [-0.4, -0.2) is 47.2 Å². The van der Waals surface area contributed by atoms with Crippen molar-refractivity contribution in [2.75, 3.05) is 24.5 Å². The quantitative estimate of drug-likeness (QED) is 0.603. The summed E-state index contributed by atoms with van der Waals surface area (Å²) in [5.74, 6) is -0.345. The molecule has 32 heavy (non-hydrogen) atoms. The number of carbonyl (C=O) groups excluding carboxylic acids is 1. The number of amides is 2. The van der Waals surface area contributed by atoms with Crippen molar-refractivity contribution in [3.05, 3.63) is 64.6 Å². The predicted octanol–water partition coefficient (Wildman–Crippen LogP) is 3.52. The Kier molecular flexibility index (Phi) is 5.64. The van der Waals surface area contributed by atoms with Crippen LogP contribution in [0.4, 0.5) is 10.5 Å². The van der Waals surface area contributed by atoms with Gasteiger partial charge >= 0.3 is 11.8 Å². The van der Waals surface area contributed by atoms with Gasteiger partial charge in [-0.25, -0.2) is 9.59 Å². The Balaban J connectivity index is 1.15. The van der Waals surface area contributed by atoms with Crippen LogP contribution in [0.15, 0.2) is 57.7 Å². The van der Waals surface area contributed by atoms with E-state index < -0.39 is 0 Å². The molecule has 1 aromatic heterocycles. The molecule has 2 amide bonds. The van der Waals surface area contributed by atoms with Crippen LogP contribution < -0.4 is 16.0 Å². The maximum atomic E-state index is 12.9. The number of benzene rings is 2. The van der Waals surface area contributed by atoms with E-state index in [1.807, 2.05) is 24.3 Å². The van der Waals surface area contributed by atoms with Crippen molar-refractivity contribution in [3.8, 4) is 0 Å². The zero-order chi connectivity index (χ0) is 22.1. The van der Waals surface area contributed by atoms with Crippen LogP contribution in [0.5, 0.6) is 0 Å². The average Bonchev–Trinajstić information content (AvgIpc) is 3.24. The second kappa shape index (κ2) is 8.73. The van der Waals surface area contributed by atoms with Gasteiger partial charge in [0.2, 0.25) is 0 Å². The fourth-order valence-corrected chi connectivity index (χ4v) is 5.15. The number of urea groups is 1. The molecule has 2 aliphatic heterocycles. The van der Waals surface area contributed by atoms with Gasteiger partial charge in [-0.3, -0.25) is 4.57 Å². The van der Waals surface area contributed by atoms with Crippen molar-refractivity contribution in [1.82, 2.24) is 14.8 Å². The molecule has 0 spiro atoms. The lowest BCUT2D eigenvalue weighted by atomic mass is 10.1. The van der Waals surface area contributed by atoms with E-state index in [2.05, 4.69) is 39.4 Å². The smallest absolute Gasteiger partial charge is 0.408 e. The third-order valence-electron chi connectivity index (χ3n) is 6.87. The Hall–Kier alpha value is -3.22. The molecule has 2 atom stereocenters. The summed E-state index contributed by atoms with van der Waals surface area (Å²) in [5.41, 5.74) is 3.80. The second-order valence-electron chi connectivity index (χ2n) is 8.95. The average molecular weight is 435 g/mol. The number of anilines is 1. The minimum Gasteiger partial charge on any atom is -0.408 e. The molecule has 2 bridgehead atoms. The lowest BCUT2D eigenvalue weighted by Gasteiger charge is -2.42. The standard InChI is InChI=1S/C25H30N4O3/c1-27-22-13-12-19(15-23(22)32-25(27)31)28-16-20-10-11-21(17-28)29(20)24(30)26-14-6-5-9-18-7-3-2-4-8-18/h2-4,7-8,12-13,15,20-21H,5-6,9-11,14,16-17H2,1H3,(H,26,30). The molecule has 168 valence electrons. The van der Waals surface area contributed by atoms with Gasteiger partial charge in [0.15, 0.2) is 5.58 Å². The highest BCUT2D eigenvalue weighted by Gasteiger charge is 2.42. The number of oxazole rings is 1. The first-order valence-corrected chi connectivity index (χ1v) is 11.5. The summed E-state index contributed by atoms with van der Waals surface area (Å²) in [7, 11) is 1.72. The maximum absolute atomic E-state index is 12.9. The van der Waals surface area contributed by atoms with E-state index >= 15 is 0 Å². The number of carbonyl (C=O) groups is 1. The highest BCUT2D eigenvalue weighted by atomic mass is 16.4. The predicted molar refractivity (Wildman–Crippen MR) is 125 cm³/mol. The van der Waals surface area contributed by atoms with Gasteiger partial charge in [-0.2, -0.15) is 0 Å². The molecule has 0 radical (unpaired) electrons. The summed E-state index contributed by atoms with van der Waals surface area (Å²) in [6, 6.07) is 16.9. The number of rotatable bonds is 6. The van der Waals surface area contributed by atoms with E-state index in [0.717, 1.165) is 62.9 Å². The van der Waals surface area contributed by atoms with E-state index in [9.17, 15) is 9.59 Å². The minimum atomic E-state index is -0.345. The number of hydrogen-bond donors (Lipinski definition) is 1. The van der Waals surface area contributed by atoms with Gasteiger partial charge in [0.25, 0.3) is 0 Å². The van der Waals surface area contributed by atoms with E-state index in [1.165, 1.54) is 10.1 Å². The molecule has 2 aliphatic rings. The summed E-state index contributed by atoms with van der Waals surface area (Å²) >= 11 is 0. The van der Waals surface area contributed by atoms with Crippen molar-refractivity contribution < 1.29 is 9.21 Å². The van der Waals surface area contributed by atoms with Gasteiger partial charge in [-0.15, -0.1) is 0 Å². The number of aromatic nitrogens is 1. The molecule has 2 unspecified atom stereocenters. The summed E-state index contributed by atoms with van der Waals surface area (Å²) < 4.78 is 6.88. The fraction of sp³-hybridized carbons (Fsp3) is 0.440. The van der Waals surface area contributed by atoms with Crippen LogP contribution in [0.1, 0.15) is 31.2 Å². The molecule has 1 N–H and O–H groups in total. The third-order valence-corrected chi connectivity index (χ3v) is 6.87. The first-order valence-electron chi connectivity index (χ1n) is 11.5. The molecule has 7 nitrogen and oxygen atoms in total. The molecule has 7 heteroatoms. The van der Waals surface area contributed by atoms with E-state index in [0.29, 0.717) is 5.58 Å². The summed E-state index contributed by atoms with van der Waals surface area (Å²) in [4.78, 5) is 29.1. The van der Waals surface area contributed by atoms with Crippen molar-refractivity contribution in [1.29, 1.82) is 0 Å². The molecule has 3 aromatic rings. The zero-order valence-corrected chi connectivity index (χ0v) is 18.5. The highest BCUT2D eigenvalue weighted by Crippen LogP contribution is 2.33. The lowest BCUT2D eigenvalue weighted by Crippen LogP contribution is -2.58. The normalized spacial score (nSPS) is 20.2. The highest BCUT2D eigenvalue weighted by molar-refractivity contribution is 5.79. The third kappa shape index (κ3) is 3.99. The molecule has 2 saturated heterocycles. The Morgan fingerprint density at radius 3 is 2.56 bits per heavy atom. The van der Waals surface area contributed by atoms with Crippen molar-refractivity contribution in [3.63, 3.8) is 0 Å². The van der Waals surface area contributed by atoms with E-state index in [1.54, 1.807) is 7.05 Å². The van der Waals surface area contributed by atoms with Crippen LogP contribution in [-0.2, 0) is 13.5 Å². The van der Waals surface area contributed by atoms with Crippen molar-refractivity contribution in [2.24, 2.45) is 7.05 Å². The van der Waals surface area contributed by atoms with Crippen molar-refractivity contribution in [2.45, 2.75) is 44.2 Å². The SMILES string of the molecule is Cn1c(=O)oc2cc(N3CC4CCC(C3)N4C(=O)NCCCCc3ccccc3)ccc21. The fourth-order valence-electron chi connectivity index (χ4n) is 5.15. The van der Waals surface area contributed by atoms with Crippen LogP contribution in [0, 0.1) is 0 Å². The molecule has 3 heterocycles. The van der Waals surface area contributed by atoms with E-state index in [4.69, 9.17) is 4.42 Å². The lowest BCUT2D eigenvalue weighted by molar-refractivity contribution is 0.162. The molecule has 0 saturated carbocycles. The number of fused-ring (bicyclic) bond motifs is 3. The van der Waals surface area contributed by atoms with Gasteiger partial charge in [0, 0.05) is 38.4 Å². The molecule has 2 aromatic carbocycles. The van der Waals surface area contributed by atoms with Crippen molar-refractivity contribution >= 4 is 22.8 Å². The number of nitrogens with zero attached hydrogens (tertiary/aromatic N) is 3. The first kappa shape index (κ1) is 20.7. The Morgan fingerprint density at radius 1 is 1.06 bits per heavy atom. The molecule has 0 aliphatic carbocycles. The zero-order valence-electron chi connectivity index (χ0n) is 18.5. The summed E-state index contributed by atoms with van der Waals surface area (Å²) in [6.07, 6.45) is 5.17. The van der Waals surface area contributed by atoms with Gasteiger partial charge in [-0.05, 0) is 49.8 Å². The van der Waals surface area contributed by atoms with Gasteiger partial charge in [-0.1, -0.05) is 30.3 Å². The van der Waals surface area contributed by atoms with Crippen LogP contribution >= 0.6 is 0 Å². The Bertz CT molecular complexity index is 1140. The number of aryl methyl sites for hydroxylation is 2. The van der Waals surface area contributed by atoms with Gasteiger partial charge in [0.05, 0.1) is 17.6 Å². The number of piperazine rings is 1. The Morgan fingerprint density at radius 2 is 1.81 bits per heavy atom. The summed E-state index contributed by atoms with van der Waals surface area (Å²) in [6.45, 7) is 2.33.